The molecule has 116 valence electrons. The smallest absolute Gasteiger partial charge is 0.120 e. The zero-order valence-corrected chi connectivity index (χ0v) is 13.3. The van der Waals surface area contributed by atoms with Crippen LogP contribution in [0.15, 0.2) is 24.3 Å². The van der Waals surface area contributed by atoms with Crippen LogP contribution >= 0.6 is 0 Å². The van der Waals surface area contributed by atoms with Crippen molar-refractivity contribution in [2.24, 2.45) is 5.73 Å². The molecule has 1 aromatic carbocycles. The molecule has 21 heavy (non-hydrogen) atoms. The van der Waals surface area contributed by atoms with E-state index >= 15 is 0 Å². The second-order valence-electron chi connectivity index (χ2n) is 6.81. The normalized spacial score (nSPS) is 27.6. The highest BCUT2D eigenvalue weighted by Gasteiger charge is 2.38. The van der Waals surface area contributed by atoms with E-state index < -0.39 is 0 Å². The standard InChI is InChI=1S/C18H28N2O/c1-13(2)21-16-7-5-6-14(12-16)18-17(19)8-3-4-11-20(18)15-9-10-15/h5-7,12-13,15,17-18H,3-4,8-11,19H2,1-2H3. The molecular weight excluding hydrogens is 260 g/mol. The molecule has 1 aliphatic carbocycles. The summed E-state index contributed by atoms with van der Waals surface area (Å²) in [5.41, 5.74) is 7.86. The van der Waals surface area contributed by atoms with Gasteiger partial charge in [-0.2, -0.15) is 0 Å². The highest BCUT2D eigenvalue weighted by molar-refractivity contribution is 5.32. The lowest BCUT2D eigenvalue weighted by Crippen LogP contribution is -2.41. The first-order valence-corrected chi connectivity index (χ1v) is 8.43. The number of benzene rings is 1. The Morgan fingerprint density at radius 3 is 2.71 bits per heavy atom. The second-order valence-corrected chi connectivity index (χ2v) is 6.81. The quantitative estimate of drug-likeness (QED) is 0.921. The lowest BCUT2D eigenvalue weighted by molar-refractivity contribution is 0.174. The first kappa shape index (κ1) is 14.9. The van der Waals surface area contributed by atoms with E-state index in [4.69, 9.17) is 10.5 Å². The van der Waals surface area contributed by atoms with Crippen molar-refractivity contribution in [2.75, 3.05) is 6.54 Å². The van der Waals surface area contributed by atoms with Crippen LogP contribution in [0.5, 0.6) is 5.75 Å². The largest absolute Gasteiger partial charge is 0.491 e. The summed E-state index contributed by atoms with van der Waals surface area (Å²) < 4.78 is 5.86. The van der Waals surface area contributed by atoms with E-state index in [1.807, 2.05) is 6.07 Å². The van der Waals surface area contributed by atoms with Crippen LogP contribution in [-0.2, 0) is 0 Å². The average Bonchev–Trinajstić information content (AvgIpc) is 3.25. The Labute approximate surface area is 128 Å². The minimum absolute atomic E-state index is 0.211. The number of nitrogens with zero attached hydrogens (tertiary/aromatic N) is 1. The first-order valence-electron chi connectivity index (χ1n) is 8.43. The molecule has 0 spiro atoms. The van der Waals surface area contributed by atoms with Gasteiger partial charge in [-0.3, -0.25) is 4.90 Å². The minimum atomic E-state index is 0.211. The molecule has 3 heteroatoms. The van der Waals surface area contributed by atoms with Crippen molar-refractivity contribution in [3.8, 4) is 5.75 Å². The molecule has 3 rings (SSSR count). The zero-order chi connectivity index (χ0) is 14.8. The van der Waals surface area contributed by atoms with E-state index in [9.17, 15) is 0 Å². The van der Waals surface area contributed by atoms with Gasteiger partial charge in [0.2, 0.25) is 0 Å². The summed E-state index contributed by atoms with van der Waals surface area (Å²) in [5, 5.41) is 0. The summed E-state index contributed by atoms with van der Waals surface area (Å²) in [6.45, 7) is 5.33. The molecule has 2 unspecified atom stereocenters. The molecule has 2 aliphatic rings. The molecule has 3 nitrogen and oxygen atoms in total. The third-order valence-corrected chi connectivity index (χ3v) is 4.55. The Kier molecular flexibility index (Phi) is 4.51. The van der Waals surface area contributed by atoms with E-state index in [1.54, 1.807) is 0 Å². The molecule has 0 bridgehead atoms. The number of likely N-dealkylation sites (tertiary alicyclic amines) is 1. The molecule has 1 saturated heterocycles. The maximum Gasteiger partial charge on any atom is 0.120 e. The van der Waals surface area contributed by atoms with E-state index in [0.717, 1.165) is 18.2 Å². The Morgan fingerprint density at radius 1 is 1.19 bits per heavy atom. The number of hydrogen-bond acceptors (Lipinski definition) is 3. The van der Waals surface area contributed by atoms with Gasteiger partial charge in [0.1, 0.15) is 5.75 Å². The lowest BCUT2D eigenvalue weighted by atomic mass is 9.96. The number of nitrogens with two attached hydrogens (primary N) is 1. The van der Waals surface area contributed by atoms with Crippen LogP contribution in [0, 0.1) is 0 Å². The van der Waals surface area contributed by atoms with Gasteiger partial charge >= 0.3 is 0 Å². The number of hydrogen-bond donors (Lipinski definition) is 1. The molecular formula is C18H28N2O. The van der Waals surface area contributed by atoms with Gasteiger partial charge in [-0.05, 0) is 63.8 Å². The van der Waals surface area contributed by atoms with Gasteiger partial charge in [-0.15, -0.1) is 0 Å². The summed E-state index contributed by atoms with van der Waals surface area (Å²) in [6.07, 6.45) is 6.55. The number of rotatable bonds is 4. The fourth-order valence-electron chi connectivity index (χ4n) is 3.52. The zero-order valence-electron chi connectivity index (χ0n) is 13.3. The van der Waals surface area contributed by atoms with Gasteiger partial charge in [-0.1, -0.05) is 18.6 Å². The highest BCUT2D eigenvalue weighted by atomic mass is 16.5. The van der Waals surface area contributed by atoms with Crippen molar-refractivity contribution in [2.45, 2.75) is 70.2 Å². The van der Waals surface area contributed by atoms with E-state index in [1.165, 1.54) is 37.8 Å². The van der Waals surface area contributed by atoms with Crippen molar-refractivity contribution in [1.29, 1.82) is 0 Å². The average molecular weight is 288 g/mol. The molecule has 1 aromatic rings. The molecule has 1 heterocycles. The third-order valence-electron chi connectivity index (χ3n) is 4.55. The van der Waals surface area contributed by atoms with Crippen LogP contribution in [0.3, 0.4) is 0 Å². The lowest BCUT2D eigenvalue weighted by Gasteiger charge is -2.34. The van der Waals surface area contributed by atoms with Gasteiger partial charge in [0, 0.05) is 12.1 Å². The van der Waals surface area contributed by atoms with E-state index in [2.05, 4.69) is 36.9 Å². The molecule has 0 amide bonds. The van der Waals surface area contributed by atoms with Crippen LogP contribution in [0.2, 0.25) is 0 Å². The Balaban J connectivity index is 1.87. The molecule has 1 aliphatic heterocycles. The Bertz CT molecular complexity index is 470. The molecule has 0 radical (unpaired) electrons. The summed E-state index contributed by atoms with van der Waals surface area (Å²) in [6, 6.07) is 9.93. The fraction of sp³-hybridized carbons (Fsp3) is 0.667. The van der Waals surface area contributed by atoms with E-state index in [-0.39, 0.29) is 12.1 Å². The SMILES string of the molecule is CC(C)Oc1cccc(C2C(N)CCCCN2C2CC2)c1. The summed E-state index contributed by atoms with van der Waals surface area (Å²) >= 11 is 0. The molecule has 2 atom stereocenters. The minimum Gasteiger partial charge on any atom is -0.491 e. The van der Waals surface area contributed by atoms with Crippen LogP contribution in [-0.4, -0.2) is 29.6 Å². The van der Waals surface area contributed by atoms with Gasteiger partial charge in [0.25, 0.3) is 0 Å². The van der Waals surface area contributed by atoms with Crippen LogP contribution in [0.25, 0.3) is 0 Å². The van der Waals surface area contributed by atoms with Gasteiger partial charge in [0.15, 0.2) is 0 Å². The second kappa shape index (κ2) is 6.37. The maximum absolute atomic E-state index is 6.54. The Hall–Kier alpha value is -1.06. The molecule has 2 N–H and O–H groups in total. The molecule has 2 fully saturated rings. The third kappa shape index (κ3) is 3.58. The molecule has 1 saturated carbocycles. The first-order chi connectivity index (χ1) is 10.1. The van der Waals surface area contributed by atoms with Crippen molar-refractivity contribution >= 4 is 0 Å². The van der Waals surface area contributed by atoms with Gasteiger partial charge in [-0.25, -0.2) is 0 Å². The summed E-state index contributed by atoms with van der Waals surface area (Å²) in [7, 11) is 0. The molecule has 0 aromatic heterocycles. The predicted molar refractivity (Wildman–Crippen MR) is 86.5 cm³/mol. The van der Waals surface area contributed by atoms with Crippen molar-refractivity contribution in [3.63, 3.8) is 0 Å². The van der Waals surface area contributed by atoms with Crippen molar-refractivity contribution < 1.29 is 4.74 Å². The summed E-state index contributed by atoms with van der Waals surface area (Å²) in [5.74, 6) is 0.967. The van der Waals surface area contributed by atoms with Gasteiger partial charge < -0.3 is 10.5 Å². The highest BCUT2D eigenvalue weighted by Crippen LogP contribution is 2.39. The topological polar surface area (TPSA) is 38.5 Å². The maximum atomic E-state index is 6.54. The van der Waals surface area contributed by atoms with Crippen molar-refractivity contribution in [1.82, 2.24) is 4.90 Å². The number of ether oxygens (including phenoxy) is 1. The monoisotopic (exact) mass is 288 g/mol. The van der Waals surface area contributed by atoms with Crippen molar-refractivity contribution in [3.05, 3.63) is 29.8 Å². The van der Waals surface area contributed by atoms with E-state index in [0.29, 0.717) is 6.04 Å². The van der Waals surface area contributed by atoms with Gasteiger partial charge in [0.05, 0.1) is 12.1 Å². The van der Waals surface area contributed by atoms with Crippen LogP contribution in [0.1, 0.15) is 57.6 Å². The van der Waals surface area contributed by atoms with Crippen LogP contribution in [0.4, 0.5) is 0 Å². The predicted octanol–water partition coefficient (Wildman–Crippen LogP) is 3.49. The van der Waals surface area contributed by atoms with Crippen LogP contribution < -0.4 is 10.5 Å². The Morgan fingerprint density at radius 2 is 2.00 bits per heavy atom. The fourth-order valence-corrected chi connectivity index (χ4v) is 3.52. The summed E-state index contributed by atoms with van der Waals surface area (Å²) in [4.78, 5) is 2.66.